The summed E-state index contributed by atoms with van der Waals surface area (Å²) < 4.78 is 0.996. The van der Waals surface area contributed by atoms with Crippen LogP contribution in [0.3, 0.4) is 0 Å². The lowest BCUT2D eigenvalue weighted by Crippen LogP contribution is -3.00. The summed E-state index contributed by atoms with van der Waals surface area (Å²) >= 11 is 4.98. The van der Waals surface area contributed by atoms with Crippen LogP contribution in [-0.4, -0.2) is 17.3 Å². The van der Waals surface area contributed by atoms with Crippen molar-refractivity contribution < 1.29 is 28.8 Å². The fourth-order valence-corrected chi connectivity index (χ4v) is 3.38. The summed E-state index contributed by atoms with van der Waals surface area (Å²) in [7, 11) is 0. The predicted octanol–water partition coefficient (Wildman–Crippen LogP) is 1.73. The monoisotopic (exact) mass is 542 g/mol. The summed E-state index contributed by atoms with van der Waals surface area (Å²) in [5, 5.41) is 6.99. The van der Waals surface area contributed by atoms with E-state index in [4.69, 9.17) is 4.99 Å². The van der Waals surface area contributed by atoms with Gasteiger partial charge in [-0.15, -0.1) is 0 Å². The number of anilines is 1. The summed E-state index contributed by atoms with van der Waals surface area (Å²) in [5.41, 5.74) is 3.19. The van der Waals surface area contributed by atoms with Crippen LogP contribution in [0.5, 0.6) is 0 Å². The van der Waals surface area contributed by atoms with Crippen molar-refractivity contribution in [1.82, 2.24) is 5.32 Å². The number of benzene rings is 2. The van der Waals surface area contributed by atoms with Gasteiger partial charge in [-0.1, -0.05) is 58.0 Å². The van der Waals surface area contributed by atoms with Gasteiger partial charge in [0.15, 0.2) is 5.17 Å². The second-order valence-corrected chi connectivity index (χ2v) is 7.29. The van der Waals surface area contributed by atoms with Gasteiger partial charge in [-0.25, -0.2) is 4.99 Å². The quantitative estimate of drug-likeness (QED) is 0.581. The highest BCUT2D eigenvalue weighted by atomic mass is 127. The number of amides is 1. The average molecular weight is 543 g/mol. The van der Waals surface area contributed by atoms with E-state index in [1.165, 1.54) is 11.8 Å². The highest BCUT2D eigenvalue weighted by Gasteiger charge is 2.29. The average Bonchev–Trinajstić information content (AvgIpc) is 2.62. The Labute approximate surface area is 183 Å². The Balaban J connectivity index is 0.00000243. The molecule has 1 unspecified atom stereocenters. The van der Waals surface area contributed by atoms with E-state index in [9.17, 15) is 4.79 Å². The molecule has 4 nitrogen and oxygen atoms in total. The number of carbonyl (C=O) groups is 1. The third kappa shape index (κ3) is 4.89. The lowest BCUT2D eigenvalue weighted by Gasteiger charge is -2.26. The molecule has 0 aromatic heterocycles. The molecule has 1 aliphatic rings. The first kappa shape index (κ1) is 21.0. The minimum absolute atomic E-state index is 0. The molecule has 136 valence electrons. The largest absolute Gasteiger partial charge is 1.00 e. The number of amidine groups is 1. The maximum Gasteiger partial charge on any atom is 0.255 e. The number of hydrogen-bond acceptors (Lipinski definition) is 4. The molecule has 0 radical (unpaired) electrons. The number of para-hydroxylation sites is 1. The number of hydrogen-bond donors (Lipinski definition) is 2. The van der Waals surface area contributed by atoms with E-state index in [-0.39, 0.29) is 35.9 Å². The third-order valence-corrected chi connectivity index (χ3v) is 5.00. The third-order valence-electron chi connectivity index (χ3n) is 3.87. The van der Waals surface area contributed by atoms with Crippen LogP contribution >= 0.6 is 27.7 Å². The molecule has 7 heteroatoms. The Bertz CT molecular complexity index is 838. The van der Waals surface area contributed by atoms with Crippen molar-refractivity contribution in [3.63, 3.8) is 0 Å². The van der Waals surface area contributed by atoms with Gasteiger partial charge in [-0.2, -0.15) is 0 Å². The van der Waals surface area contributed by atoms with E-state index in [2.05, 4.69) is 26.6 Å². The molecular formula is C19H18BrIN3OS-. The zero-order valence-corrected chi connectivity index (χ0v) is 18.9. The molecule has 2 aromatic carbocycles. The normalized spacial score (nSPS) is 16.3. The summed E-state index contributed by atoms with van der Waals surface area (Å²) in [5.74, 6) is -0.145. The molecule has 26 heavy (non-hydrogen) atoms. The van der Waals surface area contributed by atoms with Gasteiger partial charge in [-0.05, 0) is 43.0 Å². The molecular weight excluding hydrogens is 525 g/mol. The van der Waals surface area contributed by atoms with Gasteiger partial charge in [0.2, 0.25) is 0 Å². The highest BCUT2D eigenvalue weighted by molar-refractivity contribution is 9.10. The standard InChI is InChI=1S/C19H18BrN3OS.HI/c1-12-16(18(24)22-15-6-4-3-5-7-15)17(23-19(21-12)25-2)13-8-10-14(20)11-9-13;/h3-11,17H,1-2H3,(H,21,23)(H,22,24);1H/p-1. The number of nitrogens with zero attached hydrogens (tertiary/aromatic N) is 1. The first-order valence-electron chi connectivity index (χ1n) is 7.80. The smallest absolute Gasteiger partial charge is 0.255 e. The van der Waals surface area contributed by atoms with E-state index in [1.807, 2.05) is 67.8 Å². The van der Waals surface area contributed by atoms with Crippen LogP contribution in [0.15, 0.2) is 75.3 Å². The molecule has 3 rings (SSSR count). The molecule has 1 aliphatic heterocycles. The van der Waals surface area contributed by atoms with Gasteiger partial charge in [0, 0.05) is 15.9 Å². The van der Waals surface area contributed by atoms with Crippen molar-refractivity contribution in [2.45, 2.75) is 13.0 Å². The molecule has 1 atom stereocenters. The SMILES string of the molecule is CSC1=NC(c2ccc(Br)cc2)C(C(=O)Nc2ccccc2)=C(C)N1.[I-]. The lowest BCUT2D eigenvalue weighted by atomic mass is 9.96. The van der Waals surface area contributed by atoms with Crippen molar-refractivity contribution in [2.75, 3.05) is 11.6 Å². The van der Waals surface area contributed by atoms with Gasteiger partial charge < -0.3 is 34.6 Å². The second kappa shape index (κ2) is 9.57. The van der Waals surface area contributed by atoms with Crippen LogP contribution in [0.4, 0.5) is 5.69 Å². The summed E-state index contributed by atoms with van der Waals surface area (Å²) in [6.45, 7) is 1.91. The van der Waals surface area contributed by atoms with E-state index in [0.717, 1.165) is 26.6 Å². The predicted molar refractivity (Wildman–Crippen MR) is 109 cm³/mol. The molecule has 0 spiro atoms. The van der Waals surface area contributed by atoms with Crippen LogP contribution < -0.4 is 34.6 Å². The molecule has 0 saturated carbocycles. The Hall–Kier alpha value is -1.32. The number of aliphatic imine (C=N–C) groups is 1. The van der Waals surface area contributed by atoms with E-state index in [1.54, 1.807) is 0 Å². The van der Waals surface area contributed by atoms with Gasteiger partial charge in [0.25, 0.3) is 5.91 Å². The van der Waals surface area contributed by atoms with Gasteiger partial charge in [0.1, 0.15) is 6.04 Å². The number of carbonyl (C=O) groups excluding carboxylic acids is 1. The molecule has 1 amide bonds. The number of halogens is 2. The summed E-state index contributed by atoms with van der Waals surface area (Å²) in [4.78, 5) is 17.7. The number of thioether (sulfide) groups is 1. The van der Waals surface area contributed by atoms with Gasteiger partial charge in [-0.3, -0.25) is 4.79 Å². The van der Waals surface area contributed by atoms with Crippen LogP contribution in [0.1, 0.15) is 18.5 Å². The number of allylic oxidation sites excluding steroid dienone is 1. The highest BCUT2D eigenvalue weighted by Crippen LogP contribution is 2.33. The topological polar surface area (TPSA) is 53.5 Å². The number of nitrogens with one attached hydrogen (secondary N) is 2. The Kier molecular flexibility index (Phi) is 7.72. The maximum absolute atomic E-state index is 12.9. The zero-order valence-electron chi connectivity index (χ0n) is 14.3. The maximum atomic E-state index is 12.9. The fourth-order valence-electron chi connectivity index (χ4n) is 2.65. The Morgan fingerprint density at radius 1 is 1.15 bits per heavy atom. The van der Waals surface area contributed by atoms with Crippen LogP contribution in [0.25, 0.3) is 0 Å². The second-order valence-electron chi connectivity index (χ2n) is 5.58. The number of rotatable bonds is 3. The van der Waals surface area contributed by atoms with Crippen LogP contribution in [0.2, 0.25) is 0 Å². The van der Waals surface area contributed by atoms with Gasteiger partial charge in [0.05, 0.1) is 5.57 Å². The molecule has 0 aliphatic carbocycles. The molecule has 2 N–H and O–H groups in total. The van der Waals surface area contributed by atoms with Crippen molar-refractivity contribution >= 4 is 44.5 Å². The van der Waals surface area contributed by atoms with Gasteiger partial charge >= 0.3 is 0 Å². The molecule has 0 fully saturated rings. The minimum Gasteiger partial charge on any atom is -1.00 e. The van der Waals surface area contributed by atoms with Crippen molar-refractivity contribution in [3.8, 4) is 0 Å². The first-order valence-corrected chi connectivity index (χ1v) is 9.81. The fraction of sp³-hybridized carbons (Fsp3) is 0.158. The van der Waals surface area contributed by atoms with Crippen molar-refractivity contribution in [1.29, 1.82) is 0 Å². The van der Waals surface area contributed by atoms with Crippen LogP contribution in [-0.2, 0) is 4.79 Å². The van der Waals surface area contributed by atoms with E-state index < -0.39 is 0 Å². The minimum atomic E-state index is -0.333. The van der Waals surface area contributed by atoms with E-state index >= 15 is 0 Å². The first-order chi connectivity index (χ1) is 12.1. The van der Waals surface area contributed by atoms with Crippen LogP contribution in [0, 0.1) is 0 Å². The zero-order chi connectivity index (χ0) is 17.8. The molecule has 2 aromatic rings. The lowest BCUT2D eigenvalue weighted by molar-refractivity contribution is -0.113. The molecule has 0 bridgehead atoms. The van der Waals surface area contributed by atoms with Crippen molar-refractivity contribution in [3.05, 3.63) is 75.9 Å². The summed E-state index contributed by atoms with van der Waals surface area (Å²) in [6, 6.07) is 17.0. The molecule has 0 saturated heterocycles. The Morgan fingerprint density at radius 2 is 1.81 bits per heavy atom. The molecule has 1 heterocycles. The summed E-state index contributed by atoms with van der Waals surface area (Å²) in [6.07, 6.45) is 1.97. The Morgan fingerprint density at radius 3 is 2.42 bits per heavy atom. The van der Waals surface area contributed by atoms with E-state index in [0.29, 0.717) is 5.57 Å². The van der Waals surface area contributed by atoms with Crippen molar-refractivity contribution in [2.24, 2.45) is 4.99 Å².